The average Bonchev–Trinajstić information content (AvgIpc) is 3.60. The number of carbonyl (C=O) groups excluding carboxylic acids is 2. The molecule has 2 fully saturated rings. The third kappa shape index (κ3) is 2.83. The van der Waals surface area contributed by atoms with Gasteiger partial charge in [0, 0.05) is 18.9 Å². The molecule has 1 N–H and O–H groups in total. The number of fused-ring (bicyclic) bond motifs is 2. The van der Waals surface area contributed by atoms with Gasteiger partial charge in [-0.3, -0.25) is 14.9 Å². The van der Waals surface area contributed by atoms with E-state index >= 15 is 0 Å². The third-order valence-electron chi connectivity index (χ3n) is 5.87. The monoisotopic (exact) mass is 386 g/mol. The Hall–Kier alpha value is -2.90. The fourth-order valence-electron chi connectivity index (χ4n) is 3.96. The zero-order chi connectivity index (χ0) is 19.5. The van der Waals surface area contributed by atoms with Gasteiger partial charge in [0.2, 0.25) is 11.9 Å². The van der Waals surface area contributed by atoms with E-state index < -0.39 is 17.4 Å². The first-order valence-electron chi connectivity index (χ1n) is 9.29. The number of halogens is 2. The SMILES string of the molecule is O=C(CN1CC2(CC2)c2cc(C3(F)CC3)ccc2C1=O)Nc1ncc(F)cn1.[HH]. The number of benzene rings is 1. The Kier molecular flexibility index (Phi) is 3.56. The number of nitrogens with one attached hydrogen (secondary N) is 1. The number of nitrogens with zero attached hydrogens (tertiary/aromatic N) is 3. The molecule has 1 aromatic carbocycles. The highest BCUT2D eigenvalue weighted by Gasteiger charge is 2.53. The summed E-state index contributed by atoms with van der Waals surface area (Å²) in [7, 11) is 0. The second-order valence-electron chi connectivity index (χ2n) is 7.94. The lowest BCUT2D eigenvalue weighted by Crippen LogP contribution is -2.47. The number of hydrogen-bond acceptors (Lipinski definition) is 4. The molecule has 0 bridgehead atoms. The van der Waals surface area contributed by atoms with E-state index in [2.05, 4.69) is 15.3 Å². The first kappa shape index (κ1) is 17.2. The molecule has 0 radical (unpaired) electrons. The van der Waals surface area contributed by atoms with Gasteiger partial charge in [-0.25, -0.2) is 18.7 Å². The van der Waals surface area contributed by atoms with Crippen LogP contribution in [0, 0.1) is 5.82 Å². The molecule has 28 heavy (non-hydrogen) atoms. The fraction of sp³-hybridized carbons (Fsp3) is 0.400. The lowest BCUT2D eigenvalue weighted by Gasteiger charge is -2.34. The molecule has 5 rings (SSSR count). The summed E-state index contributed by atoms with van der Waals surface area (Å²) in [5.74, 6) is -1.30. The van der Waals surface area contributed by atoms with Crippen LogP contribution in [0.1, 0.15) is 48.6 Å². The number of rotatable bonds is 4. The molecule has 8 heteroatoms. The zero-order valence-electron chi connectivity index (χ0n) is 15.0. The Bertz CT molecular complexity index is 990. The minimum Gasteiger partial charge on any atom is -0.328 e. The first-order valence-corrected chi connectivity index (χ1v) is 9.29. The quantitative estimate of drug-likeness (QED) is 0.877. The van der Waals surface area contributed by atoms with Crippen molar-refractivity contribution in [2.75, 3.05) is 18.4 Å². The molecule has 6 nitrogen and oxygen atoms in total. The van der Waals surface area contributed by atoms with E-state index in [1.54, 1.807) is 12.1 Å². The Balaban J connectivity index is 0.00000205. The summed E-state index contributed by atoms with van der Waals surface area (Å²) in [6.07, 6.45) is 4.80. The summed E-state index contributed by atoms with van der Waals surface area (Å²) < 4.78 is 27.3. The van der Waals surface area contributed by atoms with Crippen LogP contribution in [0.15, 0.2) is 30.6 Å². The zero-order valence-corrected chi connectivity index (χ0v) is 15.0. The van der Waals surface area contributed by atoms with E-state index in [1.165, 1.54) is 4.90 Å². The van der Waals surface area contributed by atoms with Gasteiger partial charge in [-0.15, -0.1) is 0 Å². The Morgan fingerprint density at radius 1 is 1.21 bits per heavy atom. The molecular weight excluding hydrogens is 366 g/mol. The van der Waals surface area contributed by atoms with Crippen LogP contribution >= 0.6 is 0 Å². The summed E-state index contributed by atoms with van der Waals surface area (Å²) >= 11 is 0. The fourth-order valence-corrected chi connectivity index (χ4v) is 3.96. The lowest BCUT2D eigenvalue weighted by molar-refractivity contribution is -0.117. The highest BCUT2D eigenvalue weighted by atomic mass is 19.1. The molecule has 3 aliphatic rings. The van der Waals surface area contributed by atoms with Crippen LogP contribution in [0.5, 0.6) is 0 Å². The smallest absolute Gasteiger partial charge is 0.254 e. The van der Waals surface area contributed by atoms with Crippen molar-refractivity contribution < 1.29 is 19.8 Å². The Labute approximate surface area is 161 Å². The van der Waals surface area contributed by atoms with Crippen molar-refractivity contribution in [3.63, 3.8) is 0 Å². The number of aromatic nitrogens is 2. The molecule has 0 unspecified atom stereocenters. The van der Waals surface area contributed by atoms with Gasteiger partial charge in [0.05, 0.1) is 12.4 Å². The summed E-state index contributed by atoms with van der Waals surface area (Å²) in [5, 5.41) is 2.47. The molecule has 2 amide bonds. The van der Waals surface area contributed by atoms with Gasteiger partial charge in [0.15, 0.2) is 5.82 Å². The van der Waals surface area contributed by atoms with E-state index in [9.17, 15) is 18.4 Å². The maximum absolute atomic E-state index is 14.5. The van der Waals surface area contributed by atoms with Crippen molar-refractivity contribution >= 4 is 17.8 Å². The molecule has 0 saturated heterocycles. The highest BCUT2D eigenvalue weighted by molar-refractivity contribution is 6.01. The van der Waals surface area contributed by atoms with Gasteiger partial charge < -0.3 is 4.90 Å². The van der Waals surface area contributed by atoms with Crippen LogP contribution in [0.2, 0.25) is 0 Å². The number of alkyl halides is 1. The van der Waals surface area contributed by atoms with Gasteiger partial charge >= 0.3 is 0 Å². The average molecular weight is 386 g/mol. The standard InChI is InChI=1S/C20H18F2N4O2.H2/c21-13-8-23-18(24-9-13)25-16(27)10-26-11-19(3-4-19)15-7-12(20(22)5-6-20)1-2-14(15)17(26)28;/h1-2,7-9H,3-6,10-11H2,(H,23,24,25,27);1H. The molecule has 146 valence electrons. The van der Waals surface area contributed by atoms with Crippen molar-refractivity contribution in [2.45, 2.75) is 36.8 Å². The number of hydrogen-bond donors (Lipinski definition) is 1. The van der Waals surface area contributed by atoms with Crippen LogP contribution in [-0.2, 0) is 15.9 Å². The summed E-state index contributed by atoms with van der Waals surface area (Å²) in [4.78, 5) is 34.1. The molecular formula is C20H20F2N4O2. The van der Waals surface area contributed by atoms with Crippen LogP contribution in [0.25, 0.3) is 0 Å². The Morgan fingerprint density at radius 3 is 2.57 bits per heavy atom. The molecule has 1 spiro atoms. The van der Waals surface area contributed by atoms with Crippen molar-refractivity contribution in [2.24, 2.45) is 0 Å². The lowest BCUT2D eigenvalue weighted by atomic mass is 9.84. The maximum Gasteiger partial charge on any atom is 0.254 e. The highest BCUT2D eigenvalue weighted by Crippen LogP contribution is 2.55. The molecule has 1 aliphatic heterocycles. The van der Waals surface area contributed by atoms with E-state index in [0.29, 0.717) is 30.5 Å². The van der Waals surface area contributed by atoms with Crippen LogP contribution in [0.4, 0.5) is 14.7 Å². The second-order valence-corrected chi connectivity index (χ2v) is 7.94. The van der Waals surface area contributed by atoms with E-state index in [-0.39, 0.29) is 25.2 Å². The van der Waals surface area contributed by atoms with Gasteiger partial charge in [-0.2, -0.15) is 0 Å². The predicted molar refractivity (Wildman–Crippen MR) is 98.0 cm³/mol. The number of amides is 2. The van der Waals surface area contributed by atoms with Gasteiger partial charge in [-0.1, -0.05) is 12.1 Å². The molecule has 0 atom stereocenters. The minimum absolute atomic E-state index is 0. The predicted octanol–water partition coefficient (Wildman–Crippen LogP) is 2.95. The van der Waals surface area contributed by atoms with E-state index in [4.69, 9.17) is 0 Å². The summed E-state index contributed by atoms with van der Waals surface area (Å²) in [5.41, 5.74) is 0.697. The normalized spacial score (nSPS) is 20.6. The van der Waals surface area contributed by atoms with Crippen LogP contribution < -0.4 is 5.32 Å². The van der Waals surface area contributed by atoms with Crippen molar-refractivity contribution in [3.8, 4) is 0 Å². The largest absolute Gasteiger partial charge is 0.328 e. The van der Waals surface area contributed by atoms with Crippen molar-refractivity contribution in [3.05, 3.63) is 53.1 Å². The van der Waals surface area contributed by atoms with Gasteiger partial charge in [0.1, 0.15) is 12.2 Å². The first-order chi connectivity index (χ1) is 13.4. The number of carbonyl (C=O) groups is 2. The molecule has 2 heterocycles. The number of anilines is 1. The summed E-state index contributed by atoms with van der Waals surface area (Å²) in [6.45, 7) is 0.287. The summed E-state index contributed by atoms with van der Waals surface area (Å²) in [6, 6.07) is 5.24. The minimum atomic E-state index is -1.24. The molecule has 2 aromatic rings. The van der Waals surface area contributed by atoms with E-state index in [0.717, 1.165) is 30.8 Å². The van der Waals surface area contributed by atoms with Gasteiger partial charge in [-0.05, 0) is 42.9 Å². The van der Waals surface area contributed by atoms with Crippen LogP contribution in [-0.4, -0.2) is 39.8 Å². The van der Waals surface area contributed by atoms with Crippen molar-refractivity contribution in [1.82, 2.24) is 14.9 Å². The maximum atomic E-state index is 14.5. The van der Waals surface area contributed by atoms with Gasteiger partial charge in [0.25, 0.3) is 5.91 Å². The molecule has 2 aliphatic carbocycles. The second kappa shape index (κ2) is 5.80. The third-order valence-corrected chi connectivity index (χ3v) is 5.87. The molecule has 2 saturated carbocycles. The van der Waals surface area contributed by atoms with Crippen molar-refractivity contribution in [1.29, 1.82) is 0 Å². The van der Waals surface area contributed by atoms with Crippen LogP contribution in [0.3, 0.4) is 0 Å². The van der Waals surface area contributed by atoms with E-state index in [1.807, 2.05) is 6.07 Å². The molecule has 1 aromatic heterocycles. The Morgan fingerprint density at radius 2 is 1.93 bits per heavy atom. The topological polar surface area (TPSA) is 75.2 Å².